The molecule has 6 heteroatoms. The SMILES string of the molecule is NC1(COCc2nccn2C(F)F)CCCCCC1. The van der Waals surface area contributed by atoms with Crippen LogP contribution >= 0.6 is 0 Å². The summed E-state index contributed by atoms with van der Waals surface area (Å²) in [5, 5.41) is 0. The van der Waals surface area contributed by atoms with E-state index in [9.17, 15) is 8.78 Å². The number of nitrogens with zero attached hydrogens (tertiary/aromatic N) is 2. The quantitative estimate of drug-likeness (QED) is 0.839. The number of ether oxygens (including phenoxy) is 1. The Balaban J connectivity index is 1.83. The maximum Gasteiger partial charge on any atom is 0.320 e. The molecule has 0 bridgehead atoms. The first-order valence-electron chi connectivity index (χ1n) is 6.77. The van der Waals surface area contributed by atoms with Crippen molar-refractivity contribution in [3.05, 3.63) is 18.2 Å². The van der Waals surface area contributed by atoms with E-state index in [-0.39, 0.29) is 18.0 Å². The Bertz CT molecular complexity index is 387. The van der Waals surface area contributed by atoms with Crippen molar-refractivity contribution < 1.29 is 13.5 Å². The predicted octanol–water partition coefficient (Wildman–Crippen LogP) is 2.85. The standard InChI is InChI=1S/C13H21F2N3O/c14-12(15)18-8-7-17-11(18)9-19-10-13(16)5-3-1-2-4-6-13/h7-8,12H,1-6,9-10,16H2. The fraction of sp³-hybridized carbons (Fsp3) is 0.769. The highest BCUT2D eigenvalue weighted by atomic mass is 19.3. The van der Waals surface area contributed by atoms with Crippen LogP contribution in [-0.4, -0.2) is 21.7 Å². The summed E-state index contributed by atoms with van der Waals surface area (Å²) in [4.78, 5) is 3.88. The Labute approximate surface area is 111 Å². The Morgan fingerprint density at radius 3 is 2.63 bits per heavy atom. The van der Waals surface area contributed by atoms with Crippen molar-refractivity contribution in [1.29, 1.82) is 0 Å². The summed E-state index contributed by atoms with van der Waals surface area (Å²) in [7, 11) is 0. The van der Waals surface area contributed by atoms with Gasteiger partial charge in [0.05, 0.1) is 6.61 Å². The highest BCUT2D eigenvalue weighted by molar-refractivity contribution is 4.92. The molecule has 19 heavy (non-hydrogen) atoms. The summed E-state index contributed by atoms with van der Waals surface area (Å²) in [6.07, 6.45) is 9.16. The average molecular weight is 273 g/mol. The molecule has 1 saturated carbocycles. The minimum absolute atomic E-state index is 0.0797. The normalized spacial score (nSPS) is 19.6. The van der Waals surface area contributed by atoms with Crippen LogP contribution < -0.4 is 5.73 Å². The van der Waals surface area contributed by atoms with Gasteiger partial charge in [0.2, 0.25) is 0 Å². The first-order valence-corrected chi connectivity index (χ1v) is 6.77. The van der Waals surface area contributed by atoms with E-state index < -0.39 is 6.55 Å². The number of hydrogen-bond donors (Lipinski definition) is 1. The van der Waals surface area contributed by atoms with Gasteiger partial charge in [-0.05, 0) is 12.8 Å². The molecule has 0 saturated heterocycles. The van der Waals surface area contributed by atoms with Gasteiger partial charge in [0.15, 0.2) is 0 Å². The Morgan fingerprint density at radius 1 is 1.32 bits per heavy atom. The molecular formula is C13H21F2N3O. The summed E-state index contributed by atoms with van der Waals surface area (Å²) in [5.74, 6) is 0.243. The first-order chi connectivity index (χ1) is 9.11. The zero-order chi connectivity index (χ0) is 13.7. The van der Waals surface area contributed by atoms with Crippen LogP contribution in [0.1, 0.15) is 50.9 Å². The Kier molecular flexibility index (Phi) is 4.87. The number of nitrogens with two attached hydrogens (primary N) is 1. The van der Waals surface area contributed by atoms with E-state index in [1.54, 1.807) is 0 Å². The molecule has 1 aliphatic rings. The van der Waals surface area contributed by atoms with Gasteiger partial charge in [-0.1, -0.05) is 25.7 Å². The third kappa shape index (κ3) is 3.98. The van der Waals surface area contributed by atoms with Crippen LogP contribution in [0.5, 0.6) is 0 Å². The van der Waals surface area contributed by atoms with Gasteiger partial charge in [-0.2, -0.15) is 8.78 Å². The van der Waals surface area contributed by atoms with Crippen molar-refractivity contribution in [3.63, 3.8) is 0 Å². The summed E-state index contributed by atoms with van der Waals surface area (Å²) in [6, 6.07) is 0. The lowest BCUT2D eigenvalue weighted by molar-refractivity contribution is 0.0374. The Morgan fingerprint density at radius 2 is 2.00 bits per heavy atom. The van der Waals surface area contributed by atoms with Gasteiger partial charge in [-0.25, -0.2) is 4.98 Å². The van der Waals surface area contributed by atoms with Crippen molar-refractivity contribution in [2.24, 2.45) is 5.73 Å². The number of alkyl halides is 2. The van der Waals surface area contributed by atoms with Gasteiger partial charge in [0, 0.05) is 17.9 Å². The van der Waals surface area contributed by atoms with Crippen LogP contribution in [0.2, 0.25) is 0 Å². The van der Waals surface area contributed by atoms with E-state index in [0.717, 1.165) is 30.3 Å². The third-order valence-electron chi connectivity index (χ3n) is 3.68. The first kappa shape index (κ1) is 14.4. The van der Waals surface area contributed by atoms with Crippen LogP contribution in [0, 0.1) is 0 Å². The number of rotatable bonds is 5. The number of aromatic nitrogens is 2. The van der Waals surface area contributed by atoms with Gasteiger partial charge in [0.1, 0.15) is 12.4 Å². The molecule has 0 radical (unpaired) electrons. The second-order valence-electron chi connectivity index (χ2n) is 5.30. The maximum absolute atomic E-state index is 12.6. The van der Waals surface area contributed by atoms with Crippen LogP contribution in [0.4, 0.5) is 8.78 Å². The van der Waals surface area contributed by atoms with E-state index in [2.05, 4.69) is 4.98 Å². The largest absolute Gasteiger partial charge is 0.372 e. The zero-order valence-corrected chi connectivity index (χ0v) is 11.0. The number of hydrogen-bond acceptors (Lipinski definition) is 3. The molecule has 0 aliphatic heterocycles. The maximum atomic E-state index is 12.6. The molecule has 1 fully saturated rings. The number of imidazole rings is 1. The highest BCUT2D eigenvalue weighted by Gasteiger charge is 2.26. The van der Waals surface area contributed by atoms with E-state index >= 15 is 0 Å². The van der Waals surface area contributed by atoms with Crippen molar-refractivity contribution >= 4 is 0 Å². The van der Waals surface area contributed by atoms with Crippen LogP contribution in [0.15, 0.2) is 12.4 Å². The van der Waals surface area contributed by atoms with Crippen molar-refractivity contribution in [2.45, 2.75) is 57.2 Å². The van der Waals surface area contributed by atoms with Gasteiger partial charge in [-0.15, -0.1) is 0 Å². The lowest BCUT2D eigenvalue weighted by Gasteiger charge is -2.27. The predicted molar refractivity (Wildman–Crippen MR) is 67.8 cm³/mol. The Hall–Kier alpha value is -1.01. The average Bonchev–Trinajstić information content (AvgIpc) is 2.72. The van der Waals surface area contributed by atoms with Gasteiger partial charge in [-0.3, -0.25) is 4.57 Å². The molecule has 1 aromatic heterocycles. The molecule has 4 nitrogen and oxygen atoms in total. The smallest absolute Gasteiger partial charge is 0.320 e. The minimum Gasteiger partial charge on any atom is -0.372 e. The van der Waals surface area contributed by atoms with Crippen LogP contribution in [0.3, 0.4) is 0 Å². The van der Waals surface area contributed by atoms with Crippen molar-refractivity contribution in [2.75, 3.05) is 6.61 Å². The van der Waals surface area contributed by atoms with E-state index in [1.807, 2.05) is 0 Å². The van der Waals surface area contributed by atoms with Gasteiger partial charge >= 0.3 is 6.55 Å². The summed E-state index contributed by atoms with van der Waals surface area (Å²) in [6.45, 7) is -2.09. The van der Waals surface area contributed by atoms with Gasteiger partial charge < -0.3 is 10.5 Å². The van der Waals surface area contributed by atoms with Crippen molar-refractivity contribution in [3.8, 4) is 0 Å². The van der Waals surface area contributed by atoms with Crippen molar-refractivity contribution in [1.82, 2.24) is 9.55 Å². The fourth-order valence-electron chi connectivity index (χ4n) is 2.56. The second kappa shape index (κ2) is 6.43. The van der Waals surface area contributed by atoms with Crippen LogP contribution in [0.25, 0.3) is 0 Å². The topological polar surface area (TPSA) is 53.1 Å². The number of halogens is 2. The summed E-state index contributed by atoms with van der Waals surface area (Å²) >= 11 is 0. The molecule has 1 heterocycles. The molecule has 0 amide bonds. The fourth-order valence-corrected chi connectivity index (χ4v) is 2.56. The minimum atomic E-state index is -2.58. The molecule has 0 spiro atoms. The highest BCUT2D eigenvalue weighted by Crippen LogP contribution is 2.25. The summed E-state index contributed by atoms with van der Waals surface area (Å²) < 4.78 is 31.6. The van der Waals surface area contributed by atoms with Gasteiger partial charge in [0.25, 0.3) is 0 Å². The molecule has 2 rings (SSSR count). The summed E-state index contributed by atoms with van der Waals surface area (Å²) in [5.41, 5.74) is 5.99. The zero-order valence-electron chi connectivity index (χ0n) is 11.0. The second-order valence-corrected chi connectivity index (χ2v) is 5.30. The molecule has 0 aromatic carbocycles. The lowest BCUT2D eigenvalue weighted by Crippen LogP contribution is -2.44. The molecule has 108 valence electrons. The molecular weight excluding hydrogens is 252 g/mol. The third-order valence-corrected chi connectivity index (χ3v) is 3.68. The monoisotopic (exact) mass is 273 g/mol. The molecule has 0 unspecified atom stereocenters. The van der Waals surface area contributed by atoms with E-state index in [0.29, 0.717) is 6.61 Å². The molecule has 1 aliphatic carbocycles. The van der Waals surface area contributed by atoms with Crippen LogP contribution in [-0.2, 0) is 11.3 Å². The molecule has 2 N–H and O–H groups in total. The lowest BCUT2D eigenvalue weighted by atomic mass is 9.93. The van der Waals surface area contributed by atoms with E-state index in [4.69, 9.17) is 10.5 Å². The van der Waals surface area contributed by atoms with E-state index in [1.165, 1.54) is 25.2 Å². The molecule has 0 atom stereocenters. The molecule has 1 aromatic rings.